The predicted molar refractivity (Wildman–Crippen MR) is 109 cm³/mol. The first-order chi connectivity index (χ1) is 11.8. The number of hydrogen-bond acceptors (Lipinski definition) is 2. The van der Waals surface area contributed by atoms with Crippen LogP contribution in [0.2, 0.25) is 0 Å². The van der Waals surface area contributed by atoms with E-state index in [1.54, 1.807) is 0 Å². The van der Waals surface area contributed by atoms with E-state index in [2.05, 4.69) is 72.9 Å². The van der Waals surface area contributed by atoms with Gasteiger partial charge in [-0.3, -0.25) is 0 Å². The molecule has 0 saturated carbocycles. The number of halogens is 1. The first kappa shape index (κ1) is 17.0. The molecule has 0 amide bonds. The zero-order valence-electron chi connectivity index (χ0n) is 13.9. The fourth-order valence-electron chi connectivity index (χ4n) is 2.89. The monoisotopic (exact) mass is 346 g/mol. The number of hydrogen-bond donors (Lipinski definition) is 1. The van der Waals surface area contributed by atoms with Crippen LogP contribution in [-0.4, -0.2) is 4.98 Å². The largest absolute Gasteiger partial charge is 0.355 e. The molecule has 2 nitrogen and oxygen atoms in total. The van der Waals surface area contributed by atoms with Crippen molar-refractivity contribution in [3.8, 4) is 11.3 Å². The number of anilines is 2. The Balaban J connectivity index is 0.00000182. The van der Waals surface area contributed by atoms with Gasteiger partial charge in [0.15, 0.2) is 0 Å². The fourth-order valence-corrected chi connectivity index (χ4v) is 2.89. The molecule has 1 aromatic heterocycles. The summed E-state index contributed by atoms with van der Waals surface area (Å²) in [5.41, 5.74) is 6.51. The number of benzene rings is 3. The van der Waals surface area contributed by atoms with Gasteiger partial charge in [-0.15, -0.1) is 12.4 Å². The van der Waals surface area contributed by atoms with Crippen LogP contribution < -0.4 is 5.32 Å². The molecule has 0 aliphatic rings. The lowest BCUT2D eigenvalue weighted by Gasteiger charge is -2.14. The summed E-state index contributed by atoms with van der Waals surface area (Å²) in [5.74, 6) is 0. The highest BCUT2D eigenvalue weighted by molar-refractivity contribution is 5.95. The average molecular weight is 347 g/mol. The third-order valence-corrected chi connectivity index (χ3v) is 4.20. The first-order valence-corrected chi connectivity index (χ1v) is 8.09. The van der Waals surface area contributed by atoms with Crippen LogP contribution in [0, 0.1) is 6.92 Å². The van der Waals surface area contributed by atoms with E-state index < -0.39 is 0 Å². The molecule has 0 aliphatic heterocycles. The summed E-state index contributed by atoms with van der Waals surface area (Å²) in [6, 6.07) is 29.0. The Morgan fingerprint density at radius 2 is 1.40 bits per heavy atom. The quantitative estimate of drug-likeness (QED) is 0.465. The zero-order valence-corrected chi connectivity index (χ0v) is 14.8. The van der Waals surface area contributed by atoms with Gasteiger partial charge < -0.3 is 5.32 Å². The van der Waals surface area contributed by atoms with E-state index in [0.717, 1.165) is 33.5 Å². The Labute approximate surface area is 154 Å². The molecule has 4 rings (SSSR count). The maximum atomic E-state index is 4.83. The van der Waals surface area contributed by atoms with Crippen LogP contribution in [0.15, 0.2) is 84.9 Å². The molecule has 124 valence electrons. The van der Waals surface area contributed by atoms with Gasteiger partial charge in [0, 0.05) is 16.6 Å². The molecule has 0 spiro atoms. The molecule has 0 fully saturated rings. The normalized spacial score (nSPS) is 10.3. The van der Waals surface area contributed by atoms with E-state index in [9.17, 15) is 0 Å². The lowest BCUT2D eigenvalue weighted by atomic mass is 10.1. The number of fused-ring (bicyclic) bond motifs is 1. The maximum Gasteiger partial charge on any atom is 0.0730 e. The molecule has 4 aromatic rings. The van der Waals surface area contributed by atoms with E-state index in [1.807, 2.05) is 24.3 Å². The van der Waals surface area contributed by atoms with Crippen LogP contribution >= 0.6 is 12.4 Å². The van der Waals surface area contributed by atoms with Crippen molar-refractivity contribution in [2.24, 2.45) is 0 Å². The predicted octanol–water partition coefficient (Wildman–Crippen LogP) is 6.38. The van der Waals surface area contributed by atoms with E-state index in [0.29, 0.717) is 0 Å². The van der Waals surface area contributed by atoms with Crippen molar-refractivity contribution in [2.75, 3.05) is 5.32 Å². The van der Waals surface area contributed by atoms with Gasteiger partial charge in [0.25, 0.3) is 0 Å². The topological polar surface area (TPSA) is 24.9 Å². The number of para-hydroxylation sites is 2. The molecule has 0 atom stereocenters. The maximum absolute atomic E-state index is 4.83. The summed E-state index contributed by atoms with van der Waals surface area (Å²) in [6.07, 6.45) is 0. The third-order valence-electron chi connectivity index (χ3n) is 4.20. The molecule has 0 bridgehead atoms. The summed E-state index contributed by atoms with van der Waals surface area (Å²) in [5, 5.41) is 4.71. The highest BCUT2D eigenvalue weighted by Gasteiger charge is 2.08. The number of pyridine rings is 1. The van der Waals surface area contributed by atoms with Crippen LogP contribution in [0.4, 0.5) is 11.4 Å². The molecule has 0 unspecified atom stereocenters. The second-order valence-corrected chi connectivity index (χ2v) is 5.88. The van der Waals surface area contributed by atoms with Crippen molar-refractivity contribution >= 4 is 34.7 Å². The van der Waals surface area contributed by atoms with E-state index >= 15 is 0 Å². The Morgan fingerprint density at radius 1 is 0.720 bits per heavy atom. The zero-order chi connectivity index (χ0) is 16.4. The van der Waals surface area contributed by atoms with Crippen LogP contribution in [-0.2, 0) is 0 Å². The van der Waals surface area contributed by atoms with E-state index in [1.165, 1.54) is 5.56 Å². The number of nitrogens with zero attached hydrogens (tertiary/aromatic N) is 1. The molecule has 0 aliphatic carbocycles. The van der Waals surface area contributed by atoms with Crippen molar-refractivity contribution in [2.45, 2.75) is 6.92 Å². The Kier molecular flexibility index (Phi) is 5.01. The van der Waals surface area contributed by atoms with Crippen molar-refractivity contribution < 1.29 is 0 Å². The fraction of sp³-hybridized carbons (Fsp3) is 0.0455. The average Bonchev–Trinajstić information content (AvgIpc) is 2.64. The van der Waals surface area contributed by atoms with Crippen molar-refractivity contribution in [1.82, 2.24) is 4.98 Å². The van der Waals surface area contributed by atoms with Gasteiger partial charge in [0.1, 0.15) is 0 Å². The minimum absolute atomic E-state index is 0. The van der Waals surface area contributed by atoms with Gasteiger partial charge in [0.2, 0.25) is 0 Å². The Morgan fingerprint density at radius 3 is 2.20 bits per heavy atom. The Bertz CT molecular complexity index is 997. The SMILES string of the molecule is Cc1ccccc1Nc1cc(-c2ccccc2)nc2ccccc12.Cl. The molecule has 0 saturated heterocycles. The smallest absolute Gasteiger partial charge is 0.0730 e. The van der Waals surface area contributed by atoms with Crippen LogP contribution in [0.3, 0.4) is 0 Å². The summed E-state index contributed by atoms with van der Waals surface area (Å²) in [7, 11) is 0. The molecule has 3 aromatic carbocycles. The third kappa shape index (κ3) is 3.49. The molecular formula is C22H19ClN2. The molecule has 1 heterocycles. The standard InChI is InChI=1S/C22H18N2.ClH/c1-16-9-5-7-13-19(16)23-22-15-21(17-10-3-2-4-11-17)24-20-14-8-6-12-18(20)22;/h2-15H,1H3,(H,23,24);1H. The molecule has 0 radical (unpaired) electrons. The molecule has 3 heteroatoms. The van der Waals surface area contributed by atoms with Gasteiger partial charge in [-0.2, -0.15) is 0 Å². The van der Waals surface area contributed by atoms with Crippen LogP contribution in [0.5, 0.6) is 0 Å². The number of aryl methyl sites for hydroxylation is 1. The van der Waals surface area contributed by atoms with Gasteiger partial charge in [-0.25, -0.2) is 4.98 Å². The van der Waals surface area contributed by atoms with Gasteiger partial charge in [-0.1, -0.05) is 66.7 Å². The van der Waals surface area contributed by atoms with E-state index in [-0.39, 0.29) is 12.4 Å². The van der Waals surface area contributed by atoms with Crippen molar-refractivity contribution in [3.05, 3.63) is 90.5 Å². The number of aromatic nitrogens is 1. The summed E-state index contributed by atoms with van der Waals surface area (Å²) >= 11 is 0. The lowest BCUT2D eigenvalue weighted by Crippen LogP contribution is -1.96. The van der Waals surface area contributed by atoms with Crippen molar-refractivity contribution in [3.63, 3.8) is 0 Å². The first-order valence-electron chi connectivity index (χ1n) is 8.09. The molecule has 1 N–H and O–H groups in total. The summed E-state index contributed by atoms with van der Waals surface area (Å²) in [4.78, 5) is 4.83. The Hall–Kier alpha value is -2.84. The highest BCUT2D eigenvalue weighted by atomic mass is 35.5. The highest BCUT2D eigenvalue weighted by Crippen LogP contribution is 2.31. The molecule has 25 heavy (non-hydrogen) atoms. The van der Waals surface area contributed by atoms with Crippen LogP contribution in [0.25, 0.3) is 22.2 Å². The van der Waals surface area contributed by atoms with E-state index in [4.69, 9.17) is 4.98 Å². The second-order valence-electron chi connectivity index (χ2n) is 5.88. The number of rotatable bonds is 3. The van der Waals surface area contributed by atoms with Gasteiger partial charge in [0.05, 0.1) is 16.9 Å². The summed E-state index contributed by atoms with van der Waals surface area (Å²) in [6.45, 7) is 2.11. The van der Waals surface area contributed by atoms with Crippen LogP contribution in [0.1, 0.15) is 5.56 Å². The second kappa shape index (κ2) is 7.37. The van der Waals surface area contributed by atoms with Crippen molar-refractivity contribution in [1.29, 1.82) is 0 Å². The molecular weight excluding hydrogens is 328 g/mol. The minimum Gasteiger partial charge on any atom is -0.355 e. The van der Waals surface area contributed by atoms with Gasteiger partial charge in [-0.05, 0) is 30.7 Å². The number of nitrogens with one attached hydrogen (secondary N) is 1. The van der Waals surface area contributed by atoms with Gasteiger partial charge >= 0.3 is 0 Å². The summed E-state index contributed by atoms with van der Waals surface area (Å²) < 4.78 is 0. The lowest BCUT2D eigenvalue weighted by molar-refractivity contribution is 1.38. The minimum atomic E-state index is 0.